The van der Waals surface area contributed by atoms with Gasteiger partial charge >= 0.3 is 5.97 Å². The van der Waals surface area contributed by atoms with E-state index in [1.54, 1.807) is 0 Å². The second-order valence-corrected chi connectivity index (χ2v) is 5.93. The summed E-state index contributed by atoms with van der Waals surface area (Å²) in [6.45, 7) is 1.50. The third-order valence-electron chi connectivity index (χ3n) is 4.70. The Kier molecular flexibility index (Phi) is 3.78. The molecule has 2 aliphatic heterocycles. The summed E-state index contributed by atoms with van der Waals surface area (Å²) in [5.41, 5.74) is 1.50. The number of fused-ring (bicyclic) bond motifs is 1. The molecule has 0 aromatic heterocycles. The fourth-order valence-corrected chi connectivity index (χ4v) is 3.21. The van der Waals surface area contributed by atoms with Crippen molar-refractivity contribution < 1.29 is 19.4 Å². The van der Waals surface area contributed by atoms with Crippen molar-refractivity contribution in [1.82, 2.24) is 0 Å². The molecule has 6 nitrogen and oxygen atoms in total. The van der Waals surface area contributed by atoms with Crippen LogP contribution in [0, 0.1) is 5.41 Å². The van der Waals surface area contributed by atoms with Crippen LogP contribution in [0.3, 0.4) is 0 Å². The fourth-order valence-electron chi connectivity index (χ4n) is 3.21. The van der Waals surface area contributed by atoms with Crippen LogP contribution in [-0.4, -0.2) is 43.8 Å². The van der Waals surface area contributed by atoms with Gasteiger partial charge in [-0.2, -0.15) is 0 Å². The molecule has 1 fully saturated rings. The zero-order valence-corrected chi connectivity index (χ0v) is 12.6. The van der Waals surface area contributed by atoms with Crippen LogP contribution in [0.15, 0.2) is 18.2 Å². The Morgan fingerprint density at radius 2 is 2.05 bits per heavy atom. The predicted molar refractivity (Wildman–Crippen MR) is 82.2 cm³/mol. The number of nitrogens with one attached hydrogen (secondary N) is 1. The van der Waals surface area contributed by atoms with Gasteiger partial charge in [-0.15, -0.1) is 0 Å². The van der Waals surface area contributed by atoms with Crippen LogP contribution in [0.25, 0.3) is 0 Å². The van der Waals surface area contributed by atoms with E-state index in [9.17, 15) is 14.7 Å². The largest absolute Gasteiger partial charge is 0.480 e. The van der Waals surface area contributed by atoms with Crippen molar-refractivity contribution >= 4 is 23.3 Å². The fraction of sp³-hybridized carbons (Fsp3) is 0.500. The maximum absolute atomic E-state index is 12.7. The molecule has 0 aliphatic carbocycles. The molecule has 1 aromatic rings. The lowest BCUT2D eigenvalue weighted by Gasteiger charge is -2.31. The summed E-state index contributed by atoms with van der Waals surface area (Å²) < 4.78 is 5.21. The molecule has 2 N–H and O–H groups in total. The Morgan fingerprint density at radius 1 is 1.32 bits per heavy atom. The van der Waals surface area contributed by atoms with Crippen molar-refractivity contribution in [3.63, 3.8) is 0 Å². The van der Waals surface area contributed by atoms with Crippen molar-refractivity contribution in [3.8, 4) is 0 Å². The van der Waals surface area contributed by atoms with Crippen LogP contribution in [0.4, 0.5) is 11.4 Å². The topological polar surface area (TPSA) is 78.9 Å². The van der Waals surface area contributed by atoms with E-state index in [-0.39, 0.29) is 12.8 Å². The minimum Gasteiger partial charge on any atom is -0.480 e. The van der Waals surface area contributed by atoms with E-state index in [1.807, 2.05) is 25.2 Å². The van der Waals surface area contributed by atoms with Crippen LogP contribution in [-0.2, 0) is 20.7 Å². The maximum atomic E-state index is 12.7. The summed E-state index contributed by atoms with van der Waals surface area (Å²) in [4.78, 5) is 26.5. The van der Waals surface area contributed by atoms with E-state index in [4.69, 9.17) is 4.74 Å². The van der Waals surface area contributed by atoms with Crippen molar-refractivity contribution in [2.24, 2.45) is 5.41 Å². The lowest BCUT2D eigenvalue weighted by Crippen LogP contribution is -2.47. The number of carbonyl (C=O) groups is 2. The summed E-state index contributed by atoms with van der Waals surface area (Å²) in [5, 5.41) is 12.4. The van der Waals surface area contributed by atoms with Gasteiger partial charge in [-0.3, -0.25) is 9.59 Å². The summed E-state index contributed by atoms with van der Waals surface area (Å²) in [6, 6.07) is 5.73. The molecule has 22 heavy (non-hydrogen) atoms. The highest BCUT2D eigenvalue weighted by Gasteiger charge is 2.47. The van der Waals surface area contributed by atoms with Gasteiger partial charge in [0.05, 0.1) is 0 Å². The van der Waals surface area contributed by atoms with Crippen molar-refractivity contribution in [2.75, 3.05) is 37.0 Å². The lowest BCUT2D eigenvalue weighted by molar-refractivity contribution is -0.160. The number of hydrogen-bond donors (Lipinski definition) is 2. The summed E-state index contributed by atoms with van der Waals surface area (Å²) in [6.07, 6.45) is 1.28. The van der Waals surface area contributed by atoms with Crippen LogP contribution in [0.2, 0.25) is 0 Å². The molecule has 0 bridgehead atoms. The average molecular weight is 304 g/mol. The Labute approximate surface area is 129 Å². The highest BCUT2D eigenvalue weighted by Crippen LogP contribution is 2.36. The van der Waals surface area contributed by atoms with Gasteiger partial charge in [0, 0.05) is 43.7 Å². The molecular weight excluding hydrogens is 284 g/mol. The normalized spacial score (nSPS) is 19.6. The van der Waals surface area contributed by atoms with Crippen LogP contribution in [0.1, 0.15) is 18.4 Å². The first-order valence-corrected chi connectivity index (χ1v) is 7.50. The first-order chi connectivity index (χ1) is 10.5. The van der Waals surface area contributed by atoms with E-state index in [1.165, 1.54) is 0 Å². The highest BCUT2D eigenvalue weighted by atomic mass is 16.5. The number of rotatable bonds is 3. The Hall–Kier alpha value is -2.08. The van der Waals surface area contributed by atoms with Gasteiger partial charge in [-0.1, -0.05) is 6.07 Å². The zero-order valence-electron chi connectivity index (χ0n) is 12.6. The molecule has 1 aromatic carbocycles. The number of likely N-dealkylation sites (N-methyl/N-ethyl adjacent to an activating group) is 1. The monoisotopic (exact) mass is 304 g/mol. The SMILES string of the molecule is CN1CCc2c(NC(=O)C3(C(=O)O)CCOCC3)cccc21. The highest BCUT2D eigenvalue weighted by molar-refractivity contribution is 6.09. The smallest absolute Gasteiger partial charge is 0.319 e. The van der Waals surface area contributed by atoms with E-state index in [0.717, 1.165) is 29.9 Å². The molecule has 2 heterocycles. The quantitative estimate of drug-likeness (QED) is 0.827. The number of benzene rings is 1. The minimum absolute atomic E-state index is 0.211. The third kappa shape index (κ3) is 2.33. The van der Waals surface area contributed by atoms with E-state index in [0.29, 0.717) is 13.2 Å². The number of nitrogens with zero attached hydrogens (tertiary/aromatic N) is 1. The number of hydrogen-bond acceptors (Lipinski definition) is 4. The number of ether oxygens (including phenoxy) is 1. The van der Waals surface area contributed by atoms with Crippen molar-refractivity contribution in [3.05, 3.63) is 23.8 Å². The number of anilines is 2. The standard InChI is InChI=1S/C16H20N2O4/c1-18-8-5-11-12(3-2-4-13(11)18)17-14(19)16(15(20)21)6-9-22-10-7-16/h2-4H,5-10H2,1H3,(H,17,19)(H,20,21). The zero-order chi connectivity index (χ0) is 15.7. The van der Waals surface area contributed by atoms with Crippen molar-refractivity contribution in [1.29, 1.82) is 0 Å². The molecule has 0 atom stereocenters. The molecular formula is C16H20N2O4. The lowest BCUT2D eigenvalue weighted by atomic mass is 9.79. The molecule has 0 saturated carbocycles. The molecule has 6 heteroatoms. The first kappa shape index (κ1) is 14.8. The Morgan fingerprint density at radius 3 is 2.73 bits per heavy atom. The number of amides is 1. The number of carbonyl (C=O) groups excluding carboxylic acids is 1. The van der Waals surface area contributed by atoms with Crippen LogP contribution < -0.4 is 10.2 Å². The van der Waals surface area contributed by atoms with Gasteiger partial charge in [-0.05, 0) is 31.4 Å². The Bertz CT molecular complexity index is 608. The number of carboxylic acids is 1. The molecule has 0 radical (unpaired) electrons. The maximum Gasteiger partial charge on any atom is 0.319 e. The third-order valence-corrected chi connectivity index (χ3v) is 4.70. The van der Waals surface area contributed by atoms with E-state index < -0.39 is 17.3 Å². The second-order valence-electron chi connectivity index (χ2n) is 5.93. The molecule has 1 amide bonds. The second kappa shape index (κ2) is 5.61. The molecule has 3 rings (SSSR count). The van der Waals surface area contributed by atoms with Gasteiger partial charge in [0.1, 0.15) is 0 Å². The minimum atomic E-state index is -1.38. The van der Waals surface area contributed by atoms with Gasteiger partial charge in [0.2, 0.25) is 5.91 Å². The van der Waals surface area contributed by atoms with Crippen LogP contribution >= 0.6 is 0 Å². The first-order valence-electron chi connectivity index (χ1n) is 7.50. The Balaban J connectivity index is 1.87. The van der Waals surface area contributed by atoms with E-state index in [2.05, 4.69) is 10.2 Å². The van der Waals surface area contributed by atoms with Gasteiger partial charge in [0.15, 0.2) is 5.41 Å². The van der Waals surface area contributed by atoms with Gasteiger partial charge in [0.25, 0.3) is 0 Å². The predicted octanol–water partition coefficient (Wildman–Crippen LogP) is 1.50. The molecule has 1 saturated heterocycles. The van der Waals surface area contributed by atoms with Crippen LogP contribution in [0.5, 0.6) is 0 Å². The van der Waals surface area contributed by atoms with Gasteiger partial charge < -0.3 is 20.1 Å². The summed E-state index contributed by atoms with van der Waals surface area (Å²) in [5.74, 6) is -1.51. The summed E-state index contributed by atoms with van der Waals surface area (Å²) in [7, 11) is 2.01. The number of carboxylic acid groups (broad SMARTS) is 1. The van der Waals surface area contributed by atoms with Gasteiger partial charge in [-0.25, -0.2) is 0 Å². The van der Waals surface area contributed by atoms with Crippen molar-refractivity contribution in [2.45, 2.75) is 19.3 Å². The number of aliphatic carboxylic acids is 1. The molecule has 0 spiro atoms. The average Bonchev–Trinajstić information content (AvgIpc) is 2.90. The molecule has 0 unspecified atom stereocenters. The molecule has 118 valence electrons. The van der Waals surface area contributed by atoms with E-state index >= 15 is 0 Å². The summed E-state index contributed by atoms with van der Waals surface area (Å²) >= 11 is 0. The molecule has 2 aliphatic rings.